The molecule has 1 aliphatic heterocycles. The van der Waals surface area contributed by atoms with Crippen molar-refractivity contribution >= 4 is 28.5 Å². The number of thioether (sulfide) groups is 1. The molecule has 0 spiro atoms. The maximum atomic E-state index is 13.0. The molecular weight excluding hydrogens is 392 g/mol. The minimum absolute atomic E-state index is 0.133. The average molecular weight is 419 g/mol. The van der Waals surface area contributed by atoms with Crippen molar-refractivity contribution < 1.29 is 14.6 Å². The fourth-order valence-corrected chi connectivity index (χ4v) is 5.08. The quantitative estimate of drug-likeness (QED) is 0.450. The summed E-state index contributed by atoms with van der Waals surface area (Å²) in [5.74, 6) is -0.296. The van der Waals surface area contributed by atoms with Crippen LogP contribution in [0.1, 0.15) is 37.3 Å². The van der Waals surface area contributed by atoms with Crippen LogP contribution in [-0.4, -0.2) is 16.7 Å². The summed E-state index contributed by atoms with van der Waals surface area (Å²) in [7, 11) is 0. The SMILES string of the molecule is CCCC1(Cc2ccc3ccccc3c2)CC(O)=C(Sc2ccccc2C)C(=O)O1. The van der Waals surface area contributed by atoms with Gasteiger partial charge in [0.05, 0.1) is 0 Å². The van der Waals surface area contributed by atoms with Gasteiger partial charge in [0.25, 0.3) is 0 Å². The minimum atomic E-state index is -0.714. The zero-order chi connectivity index (χ0) is 21.1. The summed E-state index contributed by atoms with van der Waals surface area (Å²) in [5, 5.41) is 13.2. The van der Waals surface area contributed by atoms with Gasteiger partial charge in [-0.1, -0.05) is 85.8 Å². The summed E-state index contributed by atoms with van der Waals surface area (Å²) in [6.07, 6.45) is 2.50. The first kappa shape index (κ1) is 20.5. The molecule has 30 heavy (non-hydrogen) atoms. The van der Waals surface area contributed by atoms with Crippen molar-refractivity contribution in [2.45, 2.75) is 50.0 Å². The van der Waals surface area contributed by atoms with E-state index in [0.29, 0.717) is 24.2 Å². The lowest BCUT2D eigenvalue weighted by Crippen LogP contribution is -2.41. The highest BCUT2D eigenvalue weighted by Gasteiger charge is 2.42. The van der Waals surface area contributed by atoms with Gasteiger partial charge in [0.2, 0.25) is 0 Å². The summed E-state index contributed by atoms with van der Waals surface area (Å²) in [4.78, 5) is 14.2. The van der Waals surface area contributed by atoms with E-state index in [2.05, 4.69) is 37.3 Å². The second-order valence-electron chi connectivity index (χ2n) is 8.00. The molecule has 4 heteroatoms. The fraction of sp³-hybridized carbons (Fsp3) is 0.269. The highest BCUT2D eigenvalue weighted by molar-refractivity contribution is 8.04. The number of carbonyl (C=O) groups is 1. The molecule has 0 aromatic heterocycles. The maximum absolute atomic E-state index is 13.0. The van der Waals surface area contributed by atoms with Crippen LogP contribution < -0.4 is 0 Å². The van der Waals surface area contributed by atoms with Crippen LogP contribution in [0.2, 0.25) is 0 Å². The number of esters is 1. The molecule has 0 amide bonds. The molecule has 0 bridgehead atoms. The van der Waals surface area contributed by atoms with E-state index in [4.69, 9.17) is 4.74 Å². The second-order valence-corrected chi connectivity index (χ2v) is 9.05. The maximum Gasteiger partial charge on any atom is 0.349 e. The summed E-state index contributed by atoms with van der Waals surface area (Å²) in [6.45, 7) is 4.07. The van der Waals surface area contributed by atoms with Gasteiger partial charge in [-0.25, -0.2) is 4.79 Å². The topological polar surface area (TPSA) is 46.5 Å². The number of ether oxygens (including phenoxy) is 1. The van der Waals surface area contributed by atoms with Crippen LogP contribution in [0.25, 0.3) is 10.8 Å². The third-order valence-electron chi connectivity index (χ3n) is 5.60. The lowest BCUT2D eigenvalue weighted by molar-refractivity contribution is -0.158. The standard InChI is InChI=1S/C26H26O3S/c1-3-14-26(16-19-12-13-20-9-5-6-10-21(20)15-19)17-22(27)24(25(28)29-26)30-23-11-7-4-8-18(23)2/h4-13,15,27H,3,14,16-17H2,1-2H3. The van der Waals surface area contributed by atoms with E-state index in [-0.39, 0.29) is 5.76 Å². The van der Waals surface area contributed by atoms with Gasteiger partial charge in [-0.15, -0.1) is 0 Å². The van der Waals surface area contributed by atoms with E-state index in [0.717, 1.165) is 22.4 Å². The van der Waals surface area contributed by atoms with Crippen LogP contribution in [0.15, 0.2) is 82.3 Å². The number of aliphatic hydroxyl groups excluding tert-OH is 1. The van der Waals surface area contributed by atoms with Crippen molar-refractivity contribution in [3.63, 3.8) is 0 Å². The fourth-order valence-electron chi connectivity index (χ4n) is 4.17. The summed E-state index contributed by atoms with van der Waals surface area (Å²) in [5.41, 5.74) is 1.46. The summed E-state index contributed by atoms with van der Waals surface area (Å²) >= 11 is 1.29. The lowest BCUT2D eigenvalue weighted by Gasteiger charge is -2.37. The van der Waals surface area contributed by atoms with Gasteiger partial charge in [0, 0.05) is 17.7 Å². The van der Waals surface area contributed by atoms with Crippen molar-refractivity contribution in [3.05, 3.63) is 88.5 Å². The Morgan fingerprint density at radius 1 is 1.03 bits per heavy atom. The van der Waals surface area contributed by atoms with Crippen LogP contribution in [0.5, 0.6) is 0 Å². The molecule has 1 unspecified atom stereocenters. The lowest BCUT2D eigenvalue weighted by atomic mass is 9.84. The number of aryl methyl sites for hydroxylation is 1. The van der Waals surface area contributed by atoms with E-state index in [1.807, 2.05) is 43.3 Å². The number of aliphatic hydroxyl groups is 1. The normalized spacial score (nSPS) is 19.2. The Labute approximate surface area is 181 Å². The Balaban J connectivity index is 1.62. The van der Waals surface area contributed by atoms with Gasteiger partial charge in [-0.2, -0.15) is 0 Å². The van der Waals surface area contributed by atoms with Gasteiger partial charge in [-0.3, -0.25) is 0 Å². The molecule has 3 nitrogen and oxygen atoms in total. The number of hydrogen-bond acceptors (Lipinski definition) is 4. The van der Waals surface area contributed by atoms with E-state index in [9.17, 15) is 9.90 Å². The number of cyclic esters (lactones) is 1. The molecular formula is C26H26O3S. The number of benzene rings is 3. The molecule has 0 fully saturated rings. The van der Waals surface area contributed by atoms with Crippen molar-refractivity contribution in [2.24, 2.45) is 0 Å². The number of rotatable bonds is 6. The highest BCUT2D eigenvalue weighted by atomic mass is 32.2. The van der Waals surface area contributed by atoms with E-state index >= 15 is 0 Å². The zero-order valence-corrected chi connectivity index (χ0v) is 18.2. The molecule has 1 aliphatic rings. The third-order valence-corrected chi connectivity index (χ3v) is 6.88. The van der Waals surface area contributed by atoms with Crippen molar-refractivity contribution in [1.82, 2.24) is 0 Å². The Kier molecular flexibility index (Phi) is 5.87. The van der Waals surface area contributed by atoms with Crippen molar-refractivity contribution in [2.75, 3.05) is 0 Å². The summed E-state index contributed by atoms with van der Waals surface area (Å²) < 4.78 is 6.05. The molecule has 1 heterocycles. The zero-order valence-electron chi connectivity index (χ0n) is 17.4. The van der Waals surface area contributed by atoms with Gasteiger partial charge in [-0.05, 0) is 41.3 Å². The van der Waals surface area contributed by atoms with Gasteiger partial charge in [0.1, 0.15) is 16.3 Å². The van der Waals surface area contributed by atoms with Gasteiger partial charge < -0.3 is 9.84 Å². The molecule has 0 aliphatic carbocycles. The third kappa shape index (κ3) is 4.24. The smallest absolute Gasteiger partial charge is 0.349 e. The molecule has 0 saturated carbocycles. The van der Waals surface area contributed by atoms with Gasteiger partial charge in [0.15, 0.2) is 0 Å². The molecule has 154 valence electrons. The van der Waals surface area contributed by atoms with E-state index in [1.54, 1.807) is 0 Å². The van der Waals surface area contributed by atoms with Crippen LogP contribution in [0.3, 0.4) is 0 Å². The van der Waals surface area contributed by atoms with Crippen LogP contribution >= 0.6 is 11.8 Å². The second kappa shape index (κ2) is 8.57. The molecule has 1 N–H and O–H groups in total. The Hall–Kier alpha value is -2.72. The average Bonchev–Trinajstić information content (AvgIpc) is 2.72. The van der Waals surface area contributed by atoms with Crippen LogP contribution in [0.4, 0.5) is 0 Å². The minimum Gasteiger partial charge on any atom is -0.511 e. The Morgan fingerprint density at radius 3 is 2.50 bits per heavy atom. The molecule has 0 radical (unpaired) electrons. The summed E-state index contributed by atoms with van der Waals surface area (Å²) in [6, 6.07) is 22.4. The van der Waals surface area contributed by atoms with Gasteiger partial charge >= 0.3 is 5.97 Å². The number of fused-ring (bicyclic) bond motifs is 1. The first-order valence-electron chi connectivity index (χ1n) is 10.4. The predicted molar refractivity (Wildman–Crippen MR) is 123 cm³/mol. The van der Waals surface area contributed by atoms with Crippen LogP contribution in [-0.2, 0) is 16.0 Å². The van der Waals surface area contributed by atoms with Crippen LogP contribution in [0, 0.1) is 6.92 Å². The van der Waals surface area contributed by atoms with E-state index in [1.165, 1.54) is 22.5 Å². The molecule has 1 atom stereocenters. The molecule has 3 aromatic carbocycles. The molecule has 0 saturated heterocycles. The Bertz CT molecular complexity index is 1120. The number of hydrogen-bond donors (Lipinski definition) is 1. The predicted octanol–water partition coefficient (Wildman–Crippen LogP) is 6.74. The monoisotopic (exact) mass is 418 g/mol. The first-order valence-corrected chi connectivity index (χ1v) is 11.2. The molecule has 4 rings (SSSR count). The highest BCUT2D eigenvalue weighted by Crippen LogP contribution is 2.42. The largest absolute Gasteiger partial charge is 0.511 e. The first-order chi connectivity index (χ1) is 14.5. The molecule has 3 aromatic rings. The van der Waals surface area contributed by atoms with Crippen molar-refractivity contribution in [3.8, 4) is 0 Å². The number of carbonyl (C=O) groups excluding carboxylic acids is 1. The van der Waals surface area contributed by atoms with Crippen molar-refractivity contribution in [1.29, 1.82) is 0 Å². The Morgan fingerprint density at radius 2 is 1.77 bits per heavy atom. The van der Waals surface area contributed by atoms with E-state index < -0.39 is 11.6 Å².